The molecule has 1 unspecified atom stereocenters. The third-order valence-corrected chi connectivity index (χ3v) is 4.84. The number of halogens is 1. The van der Waals surface area contributed by atoms with Gasteiger partial charge in [-0.3, -0.25) is 4.79 Å². The van der Waals surface area contributed by atoms with Crippen molar-refractivity contribution in [3.05, 3.63) is 29.8 Å². The molecule has 0 aromatic heterocycles. The Kier molecular flexibility index (Phi) is 5.99. The van der Waals surface area contributed by atoms with Crippen LogP contribution in [0, 0.1) is 5.41 Å². The van der Waals surface area contributed by atoms with Gasteiger partial charge in [0.2, 0.25) is 0 Å². The van der Waals surface area contributed by atoms with Gasteiger partial charge in [0.1, 0.15) is 0 Å². The van der Waals surface area contributed by atoms with Gasteiger partial charge in [0.05, 0.1) is 4.90 Å². The normalized spacial score (nSPS) is 13.8. The lowest BCUT2D eigenvalue weighted by Crippen LogP contribution is -2.44. The Bertz CT molecular complexity index is 606. The summed E-state index contributed by atoms with van der Waals surface area (Å²) in [5, 5.41) is 3.78. The van der Waals surface area contributed by atoms with Crippen LogP contribution in [-0.4, -0.2) is 32.0 Å². The molecular weight excluding hydrogens is 354 g/mol. The average molecular weight is 376 g/mol. The van der Waals surface area contributed by atoms with Gasteiger partial charge in [-0.05, 0) is 30.0 Å². The van der Waals surface area contributed by atoms with Crippen molar-refractivity contribution in [2.75, 3.05) is 11.6 Å². The Morgan fingerprint density at radius 2 is 1.95 bits per heavy atom. The van der Waals surface area contributed by atoms with Crippen LogP contribution >= 0.6 is 15.9 Å². The molecule has 118 valence electrons. The van der Waals surface area contributed by atoms with Crippen molar-refractivity contribution in [3.63, 3.8) is 0 Å². The molecule has 1 aromatic rings. The second-order valence-electron chi connectivity index (χ2n) is 6.17. The lowest BCUT2D eigenvalue weighted by molar-refractivity contribution is 0.0900. The van der Waals surface area contributed by atoms with Crippen molar-refractivity contribution in [3.8, 4) is 0 Å². The largest absolute Gasteiger partial charge is 0.349 e. The summed E-state index contributed by atoms with van der Waals surface area (Å²) in [5.74, 6) is -0.249. The number of carbonyl (C=O) groups excluding carboxylic acids is 1. The van der Waals surface area contributed by atoms with Gasteiger partial charge in [0, 0.05) is 23.2 Å². The summed E-state index contributed by atoms with van der Waals surface area (Å²) < 4.78 is 23.1. The van der Waals surface area contributed by atoms with E-state index < -0.39 is 9.84 Å². The fraction of sp³-hybridized carbons (Fsp3) is 0.533. The van der Waals surface area contributed by atoms with Crippen LogP contribution in [0.3, 0.4) is 0 Å². The first kappa shape index (κ1) is 18.2. The van der Waals surface area contributed by atoms with Crippen LogP contribution in [0.2, 0.25) is 0 Å². The van der Waals surface area contributed by atoms with Gasteiger partial charge in [-0.1, -0.05) is 42.8 Å². The number of nitrogens with one attached hydrogen (secondary N) is 1. The first-order valence-corrected chi connectivity index (χ1v) is 9.74. The number of hydrogen-bond donors (Lipinski definition) is 1. The Hall–Kier alpha value is -0.880. The molecule has 0 aliphatic rings. The van der Waals surface area contributed by atoms with E-state index >= 15 is 0 Å². The summed E-state index contributed by atoms with van der Waals surface area (Å²) in [6.45, 7) is 6.19. The zero-order valence-electron chi connectivity index (χ0n) is 12.8. The molecule has 1 atom stereocenters. The molecule has 0 saturated heterocycles. The van der Waals surface area contributed by atoms with Crippen molar-refractivity contribution < 1.29 is 13.2 Å². The molecule has 6 heteroatoms. The first-order chi connectivity index (χ1) is 9.55. The maximum atomic E-state index is 12.3. The molecule has 21 heavy (non-hydrogen) atoms. The highest BCUT2D eigenvalue weighted by molar-refractivity contribution is 9.09. The lowest BCUT2D eigenvalue weighted by atomic mass is 9.85. The second kappa shape index (κ2) is 6.92. The molecule has 0 aliphatic carbocycles. The van der Waals surface area contributed by atoms with Gasteiger partial charge in [-0.25, -0.2) is 8.42 Å². The van der Waals surface area contributed by atoms with E-state index in [0.29, 0.717) is 5.56 Å². The SMILES string of the molecule is CC(C)(C)C(CCBr)NC(=O)c1cccc(S(C)(=O)=O)c1. The number of carbonyl (C=O) groups is 1. The van der Waals surface area contributed by atoms with Crippen LogP contribution < -0.4 is 5.32 Å². The fourth-order valence-corrected chi connectivity index (χ4v) is 3.06. The van der Waals surface area contributed by atoms with E-state index in [-0.39, 0.29) is 22.3 Å². The Balaban J connectivity index is 2.98. The van der Waals surface area contributed by atoms with Gasteiger partial charge in [0.25, 0.3) is 5.91 Å². The molecule has 1 rings (SSSR count). The lowest BCUT2D eigenvalue weighted by Gasteiger charge is -2.31. The zero-order chi connectivity index (χ0) is 16.3. The summed E-state index contributed by atoms with van der Waals surface area (Å²) in [6, 6.07) is 6.12. The summed E-state index contributed by atoms with van der Waals surface area (Å²) >= 11 is 3.40. The van der Waals surface area contributed by atoms with Crippen LogP contribution in [0.25, 0.3) is 0 Å². The van der Waals surface area contributed by atoms with Gasteiger partial charge < -0.3 is 5.32 Å². The van der Waals surface area contributed by atoms with E-state index in [2.05, 4.69) is 42.0 Å². The Labute approximate surface area is 135 Å². The summed E-state index contributed by atoms with van der Waals surface area (Å²) in [4.78, 5) is 12.5. The number of hydrogen-bond acceptors (Lipinski definition) is 3. The summed E-state index contributed by atoms with van der Waals surface area (Å²) in [7, 11) is -3.31. The van der Waals surface area contributed by atoms with E-state index in [1.54, 1.807) is 12.1 Å². The average Bonchev–Trinajstić information content (AvgIpc) is 2.36. The van der Waals surface area contributed by atoms with E-state index in [1.807, 2.05) is 0 Å². The standard InChI is InChI=1S/C15H22BrNO3S/c1-15(2,3)13(8-9-16)17-14(18)11-6-5-7-12(10-11)21(4,19)20/h5-7,10,13H,8-9H2,1-4H3,(H,17,18). The van der Waals surface area contributed by atoms with Crippen LogP contribution in [0.4, 0.5) is 0 Å². The van der Waals surface area contributed by atoms with E-state index in [0.717, 1.165) is 18.0 Å². The Morgan fingerprint density at radius 3 is 2.43 bits per heavy atom. The van der Waals surface area contributed by atoms with Crippen molar-refractivity contribution in [1.29, 1.82) is 0 Å². The first-order valence-electron chi connectivity index (χ1n) is 6.72. The van der Waals surface area contributed by atoms with Gasteiger partial charge in [-0.2, -0.15) is 0 Å². The number of sulfone groups is 1. The molecular formula is C15H22BrNO3S. The fourth-order valence-electron chi connectivity index (χ4n) is 1.94. The maximum absolute atomic E-state index is 12.3. The third kappa shape index (κ3) is 5.43. The van der Waals surface area contributed by atoms with Crippen molar-refractivity contribution >= 4 is 31.7 Å². The minimum atomic E-state index is -3.31. The molecule has 1 aromatic carbocycles. The monoisotopic (exact) mass is 375 g/mol. The maximum Gasteiger partial charge on any atom is 0.251 e. The molecule has 0 fully saturated rings. The smallest absolute Gasteiger partial charge is 0.251 e. The number of benzene rings is 1. The second-order valence-corrected chi connectivity index (χ2v) is 8.98. The van der Waals surface area contributed by atoms with Crippen LogP contribution in [0.1, 0.15) is 37.6 Å². The Morgan fingerprint density at radius 1 is 1.33 bits per heavy atom. The van der Waals surface area contributed by atoms with E-state index in [4.69, 9.17) is 0 Å². The van der Waals surface area contributed by atoms with Gasteiger partial charge in [0.15, 0.2) is 9.84 Å². The minimum absolute atomic E-state index is 0.00580. The summed E-state index contributed by atoms with van der Waals surface area (Å²) in [5.41, 5.74) is 0.291. The minimum Gasteiger partial charge on any atom is -0.349 e. The molecule has 4 nitrogen and oxygen atoms in total. The predicted molar refractivity (Wildman–Crippen MR) is 88.7 cm³/mol. The topological polar surface area (TPSA) is 63.2 Å². The molecule has 1 N–H and O–H groups in total. The highest BCUT2D eigenvalue weighted by Gasteiger charge is 2.26. The molecule has 0 bridgehead atoms. The van der Waals surface area contributed by atoms with Crippen LogP contribution in [0.15, 0.2) is 29.2 Å². The van der Waals surface area contributed by atoms with E-state index in [1.165, 1.54) is 12.1 Å². The van der Waals surface area contributed by atoms with Crippen LogP contribution in [-0.2, 0) is 9.84 Å². The third-order valence-electron chi connectivity index (χ3n) is 3.27. The zero-order valence-corrected chi connectivity index (χ0v) is 15.2. The molecule has 1 amide bonds. The van der Waals surface area contributed by atoms with Crippen LogP contribution in [0.5, 0.6) is 0 Å². The van der Waals surface area contributed by atoms with Gasteiger partial charge in [-0.15, -0.1) is 0 Å². The predicted octanol–water partition coefficient (Wildman–Crippen LogP) is 3.02. The highest BCUT2D eigenvalue weighted by Crippen LogP contribution is 2.23. The van der Waals surface area contributed by atoms with E-state index in [9.17, 15) is 13.2 Å². The van der Waals surface area contributed by atoms with Crippen molar-refractivity contribution in [2.24, 2.45) is 5.41 Å². The molecule has 0 spiro atoms. The number of amides is 1. The number of alkyl halides is 1. The van der Waals surface area contributed by atoms with Crippen molar-refractivity contribution in [2.45, 2.75) is 38.1 Å². The number of rotatable bonds is 5. The quantitative estimate of drug-likeness (QED) is 0.804. The molecule has 0 saturated carbocycles. The molecule has 0 heterocycles. The molecule has 0 aliphatic heterocycles. The molecule has 0 radical (unpaired) electrons. The highest BCUT2D eigenvalue weighted by atomic mass is 79.9. The summed E-state index contributed by atoms with van der Waals surface area (Å²) in [6.07, 6.45) is 1.94. The van der Waals surface area contributed by atoms with Crippen molar-refractivity contribution in [1.82, 2.24) is 5.32 Å². The van der Waals surface area contributed by atoms with Gasteiger partial charge >= 0.3 is 0 Å².